The molecule has 0 heterocycles. The van der Waals surface area contributed by atoms with E-state index in [0.29, 0.717) is 12.1 Å². The Kier molecular flexibility index (Phi) is 7.78. The molecule has 0 amide bonds. The van der Waals surface area contributed by atoms with Crippen LogP contribution in [-0.2, 0) is 0 Å². The summed E-state index contributed by atoms with van der Waals surface area (Å²) in [5, 5.41) is 3.09. The van der Waals surface area contributed by atoms with Crippen LogP contribution in [0, 0.1) is 11.6 Å². The minimum Gasteiger partial charge on any atom is -0.312 e. The molecule has 5 heteroatoms. The SMILES string of the molecule is CCN(CCCN(C)C)CC(NC)c1cccc(F)c1F. The second-order valence-electron chi connectivity index (χ2n) is 5.53. The van der Waals surface area contributed by atoms with Crippen LogP contribution in [-0.4, -0.2) is 57.1 Å². The molecule has 0 saturated carbocycles. The lowest BCUT2D eigenvalue weighted by molar-refractivity contribution is 0.240. The first kappa shape index (κ1) is 18.0. The van der Waals surface area contributed by atoms with E-state index in [9.17, 15) is 8.78 Å². The Bertz CT molecular complexity index is 424. The van der Waals surface area contributed by atoms with Gasteiger partial charge in [-0.05, 0) is 53.3 Å². The zero-order valence-electron chi connectivity index (χ0n) is 13.5. The summed E-state index contributed by atoms with van der Waals surface area (Å²) in [4.78, 5) is 4.41. The molecular formula is C16H27F2N3. The van der Waals surface area contributed by atoms with E-state index in [4.69, 9.17) is 0 Å². The van der Waals surface area contributed by atoms with E-state index in [1.807, 2.05) is 0 Å². The zero-order valence-corrected chi connectivity index (χ0v) is 13.5. The van der Waals surface area contributed by atoms with Gasteiger partial charge < -0.3 is 15.1 Å². The predicted octanol–water partition coefficient (Wildman–Crippen LogP) is 2.50. The second-order valence-corrected chi connectivity index (χ2v) is 5.53. The molecule has 1 unspecified atom stereocenters. The molecule has 120 valence electrons. The Morgan fingerprint density at radius 3 is 2.48 bits per heavy atom. The van der Waals surface area contributed by atoms with Gasteiger partial charge in [0.15, 0.2) is 11.6 Å². The van der Waals surface area contributed by atoms with Crippen molar-refractivity contribution in [3.63, 3.8) is 0 Å². The molecule has 0 fully saturated rings. The van der Waals surface area contributed by atoms with Crippen molar-refractivity contribution in [3.05, 3.63) is 35.4 Å². The highest BCUT2D eigenvalue weighted by Crippen LogP contribution is 2.20. The summed E-state index contributed by atoms with van der Waals surface area (Å²) in [6.45, 7) is 5.62. The Balaban J connectivity index is 2.68. The Hall–Kier alpha value is -1.04. The van der Waals surface area contributed by atoms with Crippen LogP contribution in [0.15, 0.2) is 18.2 Å². The molecule has 1 N–H and O–H groups in total. The van der Waals surface area contributed by atoms with Crippen molar-refractivity contribution in [2.24, 2.45) is 0 Å². The fourth-order valence-corrected chi connectivity index (χ4v) is 2.38. The van der Waals surface area contributed by atoms with Crippen LogP contribution in [0.4, 0.5) is 8.78 Å². The summed E-state index contributed by atoms with van der Waals surface area (Å²) >= 11 is 0. The summed E-state index contributed by atoms with van der Waals surface area (Å²) < 4.78 is 27.3. The minimum atomic E-state index is -0.789. The van der Waals surface area contributed by atoms with Crippen LogP contribution in [0.25, 0.3) is 0 Å². The molecule has 0 saturated heterocycles. The normalized spacial score (nSPS) is 13.1. The van der Waals surface area contributed by atoms with E-state index in [2.05, 4.69) is 36.1 Å². The molecule has 1 atom stereocenters. The van der Waals surface area contributed by atoms with Gasteiger partial charge in [-0.1, -0.05) is 19.1 Å². The summed E-state index contributed by atoms with van der Waals surface area (Å²) in [5.74, 6) is -1.54. The first-order chi connectivity index (χ1) is 9.99. The quantitative estimate of drug-likeness (QED) is 0.756. The fraction of sp³-hybridized carbons (Fsp3) is 0.625. The van der Waals surface area contributed by atoms with Crippen molar-refractivity contribution in [1.82, 2.24) is 15.1 Å². The minimum absolute atomic E-state index is 0.208. The lowest BCUT2D eigenvalue weighted by Crippen LogP contribution is -2.35. The number of rotatable bonds is 9. The molecule has 1 aromatic rings. The van der Waals surface area contributed by atoms with Crippen LogP contribution in [0.1, 0.15) is 24.9 Å². The van der Waals surface area contributed by atoms with Gasteiger partial charge in [-0.25, -0.2) is 8.78 Å². The van der Waals surface area contributed by atoms with Gasteiger partial charge in [0, 0.05) is 18.2 Å². The Labute approximate surface area is 126 Å². The number of hydrogen-bond donors (Lipinski definition) is 1. The zero-order chi connectivity index (χ0) is 15.8. The van der Waals surface area contributed by atoms with Crippen molar-refractivity contribution >= 4 is 0 Å². The molecular weight excluding hydrogens is 272 g/mol. The van der Waals surface area contributed by atoms with Gasteiger partial charge in [-0.2, -0.15) is 0 Å². The second kappa shape index (κ2) is 9.07. The molecule has 1 rings (SSSR count). The van der Waals surface area contributed by atoms with E-state index in [1.165, 1.54) is 0 Å². The average molecular weight is 299 g/mol. The topological polar surface area (TPSA) is 18.5 Å². The maximum absolute atomic E-state index is 13.9. The van der Waals surface area contributed by atoms with Crippen LogP contribution in [0.5, 0.6) is 0 Å². The van der Waals surface area contributed by atoms with E-state index in [1.54, 1.807) is 19.2 Å². The number of benzene rings is 1. The monoisotopic (exact) mass is 299 g/mol. The average Bonchev–Trinajstić information content (AvgIpc) is 2.45. The van der Waals surface area contributed by atoms with E-state index in [0.717, 1.165) is 32.1 Å². The smallest absolute Gasteiger partial charge is 0.163 e. The molecule has 3 nitrogen and oxygen atoms in total. The van der Waals surface area contributed by atoms with Crippen molar-refractivity contribution in [2.75, 3.05) is 47.3 Å². The highest BCUT2D eigenvalue weighted by Gasteiger charge is 2.19. The highest BCUT2D eigenvalue weighted by molar-refractivity contribution is 5.22. The van der Waals surface area contributed by atoms with Gasteiger partial charge in [0.1, 0.15) is 0 Å². The van der Waals surface area contributed by atoms with Crippen LogP contribution in [0.2, 0.25) is 0 Å². The maximum Gasteiger partial charge on any atom is 0.163 e. The molecule has 0 radical (unpaired) electrons. The molecule has 21 heavy (non-hydrogen) atoms. The van der Waals surface area contributed by atoms with Gasteiger partial charge in [0.05, 0.1) is 0 Å². The van der Waals surface area contributed by atoms with Gasteiger partial charge in [-0.3, -0.25) is 0 Å². The lowest BCUT2D eigenvalue weighted by Gasteiger charge is -2.27. The number of nitrogens with one attached hydrogen (secondary N) is 1. The lowest BCUT2D eigenvalue weighted by atomic mass is 10.1. The molecule has 0 aliphatic rings. The summed E-state index contributed by atoms with van der Waals surface area (Å²) in [6, 6.07) is 4.15. The van der Waals surface area contributed by atoms with E-state index in [-0.39, 0.29) is 6.04 Å². The first-order valence-electron chi connectivity index (χ1n) is 7.47. The first-order valence-corrected chi connectivity index (χ1v) is 7.47. The van der Waals surface area contributed by atoms with Crippen molar-refractivity contribution in [2.45, 2.75) is 19.4 Å². The number of hydrogen-bond acceptors (Lipinski definition) is 3. The summed E-state index contributed by atoms with van der Waals surface area (Å²) in [7, 11) is 5.88. The standard InChI is InChI=1S/C16H27F2N3/c1-5-21(11-7-10-20(3)4)12-15(19-2)13-8-6-9-14(17)16(13)18/h6,8-9,15,19H,5,7,10-12H2,1-4H3. The third-order valence-corrected chi connectivity index (χ3v) is 3.67. The number of likely N-dealkylation sites (N-methyl/N-ethyl adjacent to an activating group) is 2. The Morgan fingerprint density at radius 1 is 1.19 bits per heavy atom. The summed E-state index contributed by atoms with van der Waals surface area (Å²) in [6.07, 6.45) is 1.06. The Morgan fingerprint density at radius 2 is 1.90 bits per heavy atom. The van der Waals surface area contributed by atoms with Crippen LogP contribution < -0.4 is 5.32 Å². The van der Waals surface area contributed by atoms with E-state index >= 15 is 0 Å². The molecule has 0 aliphatic heterocycles. The molecule has 0 aromatic heterocycles. The largest absolute Gasteiger partial charge is 0.312 e. The van der Waals surface area contributed by atoms with E-state index < -0.39 is 11.6 Å². The van der Waals surface area contributed by atoms with Crippen molar-refractivity contribution in [3.8, 4) is 0 Å². The predicted molar refractivity (Wildman–Crippen MR) is 83.4 cm³/mol. The highest BCUT2D eigenvalue weighted by atomic mass is 19.2. The molecule has 0 aliphatic carbocycles. The van der Waals surface area contributed by atoms with Crippen molar-refractivity contribution in [1.29, 1.82) is 0 Å². The van der Waals surface area contributed by atoms with Crippen LogP contribution >= 0.6 is 0 Å². The number of halogens is 2. The van der Waals surface area contributed by atoms with Gasteiger partial charge in [0.2, 0.25) is 0 Å². The van der Waals surface area contributed by atoms with Crippen LogP contribution in [0.3, 0.4) is 0 Å². The molecule has 1 aromatic carbocycles. The number of nitrogens with zero attached hydrogens (tertiary/aromatic N) is 2. The summed E-state index contributed by atoms with van der Waals surface area (Å²) in [5.41, 5.74) is 0.392. The van der Waals surface area contributed by atoms with Gasteiger partial charge >= 0.3 is 0 Å². The third kappa shape index (κ3) is 5.69. The van der Waals surface area contributed by atoms with Gasteiger partial charge in [0.25, 0.3) is 0 Å². The van der Waals surface area contributed by atoms with Gasteiger partial charge in [-0.15, -0.1) is 0 Å². The third-order valence-electron chi connectivity index (χ3n) is 3.67. The molecule has 0 spiro atoms. The molecule has 0 bridgehead atoms. The fourth-order valence-electron chi connectivity index (χ4n) is 2.38. The van der Waals surface area contributed by atoms with Crippen molar-refractivity contribution < 1.29 is 8.78 Å². The maximum atomic E-state index is 13.9.